The Morgan fingerprint density at radius 3 is 2.65 bits per heavy atom. The Kier molecular flexibility index (Phi) is 5.40. The van der Waals surface area contributed by atoms with Gasteiger partial charge >= 0.3 is 0 Å². The van der Waals surface area contributed by atoms with E-state index < -0.39 is 0 Å². The van der Waals surface area contributed by atoms with Crippen LogP contribution in [0.15, 0.2) is 0 Å². The summed E-state index contributed by atoms with van der Waals surface area (Å²) in [5, 5.41) is 9.13. The molecule has 100 valence electrons. The van der Waals surface area contributed by atoms with Crippen LogP contribution in [0.4, 0.5) is 0 Å². The number of likely N-dealkylation sites (N-methyl/N-ethyl adjacent to an activating group) is 1. The van der Waals surface area contributed by atoms with Gasteiger partial charge in [0.25, 0.3) is 0 Å². The molecule has 0 saturated carbocycles. The van der Waals surface area contributed by atoms with Crippen molar-refractivity contribution in [1.29, 1.82) is 0 Å². The van der Waals surface area contributed by atoms with E-state index in [0.717, 1.165) is 19.5 Å². The van der Waals surface area contributed by atoms with Crippen LogP contribution in [0.5, 0.6) is 0 Å². The first-order chi connectivity index (χ1) is 7.97. The predicted molar refractivity (Wildman–Crippen MR) is 68.8 cm³/mol. The smallest absolute Gasteiger partial charge is 0.239 e. The van der Waals surface area contributed by atoms with Gasteiger partial charge in [-0.15, -0.1) is 0 Å². The zero-order valence-corrected chi connectivity index (χ0v) is 11.5. The second-order valence-corrected chi connectivity index (χ2v) is 5.50. The standard InChI is InChI=1S/C13H26N2O2/c1-10(2)9-15-7-5-11(3)14(4)13(17)12(15)6-8-16/h10-12,16H,5-9H2,1-4H3. The van der Waals surface area contributed by atoms with Crippen molar-refractivity contribution in [2.24, 2.45) is 5.92 Å². The summed E-state index contributed by atoms with van der Waals surface area (Å²) in [6.07, 6.45) is 1.56. The van der Waals surface area contributed by atoms with Crippen LogP contribution in [-0.4, -0.2) is 59.6 Å². The Bertz CT molecular complexity index is 256. The Labute approximate surface area is 105 Å². The summed E-state index contributed by atoms with van der Waals surface area (Å²) >= 11 is 0. The molecule has 0 spiro atoms. The van der Waals surface area contributed by atoms with Gasteiger partial charge in [0, 0.05) is 32.8 Å². The summed E-state index contributed by atoms with van der Waals surface area (Å²) in [4.78, 5) is 16.4. The van der Waals surface area contributed by atoms with Crippen LogP contribution in [0, 0.1) is 5.92 Å². The Hall–Kier alpha value is -0.610. The highest BCUT2D eigenvalue weighted by Gasteiger charge is 2.33. The van der Waals surface area contributed by atoms with E-state index in [4.69, 9.17) is 5.11 Å². The number of nitrogens with zero attached hydrogens (tertiary/aromatic N) is 2. The van der Waals surface area contributed by atoms with Crippen LogP contribution >= 0.6 is 0 Å². The number of rotatable bonds is 4. The zero-order valence-electron chi connectivity index (χ0n) is 11.5. The third-order valence-electron chi connectivity index (χ3n) is 3.57. The van der Waals surface area contributed by atoms with Gasteiger partial charge in [-0.05, 0) is 25.7 Å². The minimum absolute atomic E-state index is 0.0766. The molecule has 2 atom stereocenters. The van der Waals surface area contributed by atoms with Gasteiger partial charge in [-0.1, -0.05) is 13.8 Å². The molecule has 1 aliphatic heterocycles. The maximum atomic E-state index is 12.3. The van der Waals surface area contributed by atoms with Gasteiger partial charge in [0.2, 0.25) is 5.91 Å². The molecule has 1 amide bonds. The van der Waals surface area contributed by atoms with Crippen molar-refractivity contribution in [2.45, 2.75) is 45.7 Å². The molecule has 4 heteroatoms. The van der Waals surface area contributed by atoms with Crippen molar-refractivity contribution in [2.75, 3.05) is 26.7 Å². The van der Waals surface area contributed by atoms with Gasteiger partial charge < -0.3 is 10.0 Å². The van der Waals surface area contributed by atoms with Crippen LogP contribution in [-0.2, 0) is 4.79 Å². The number of hydrogen-bond acceptors (Lipinski definition) is 3. The summed E-state index contributed by atoms with van der Waals surface area (Å²) < 4.78 is 0. The molecule has 2 unspecified atom stereocenters. The van der Waals surface area contributed by atoms with Crippen molar-refractivity contribution in [1.82, 2.24) is 9.80 Å². The van der Waals surface area contributed by atoms with Crippen molar-refractivity contribution >= 4 is 5.91 Å². The summed E-state index contributed by atoms with van der Waals surface area (Å²) in [5.41, 5.74) is 0. The average Bonchev–Trinajstić information content (AvgIpc) is 2.36. The maximum absolute atomic E-state index is 12.3. The van der Waals surface area contributed by atoms with Gasteiger partial charge in [-0.25, -0.2) is 0 Å². The molecular weight excluding hydrogens is 216 g/mol. The number of amides is 1. The van der Waals surface area contributed by atoms with Crippen LogP contribution in [0.25, 0.3) is 0 Å². The number of aliphatic hydroxyl groups excluding tert-OH is 1. The SMILES string of the molecule is CC(C)CN1CCC(C)N(C)C(=O)C1CCO. The minimum Gasteiger partial charge on any atom is -0.396 e. The third-order valence-corrected chi connectivity index (χ3v) is 3.57. The van der Waals surface area contributed by atoms with Crippen molar-refractivity contribution < 1.29 is 9.90 Å². The van der Waals surface area contributed by atoms with E-state index in [1.807, 2.05) is 11.9 Å². The molecule has 1 saturated heterocycles. The quantitative estimate of drug-likeness (QED) is 0.798. The highest BCUT2D eigenvalue weighted by Crippen LogP contribution is 2.18. The topological polar surface area (TPSA) is 43.8 Å². The normalized spacial score (nSPS) is 27.6. The molecule has 1 fully saturated rings. The van der Waals surface area contributed by atoms with Crippen LogP contribution < -0.4 is 0 Å². The third kappa shape index (κ3) is 3.68. The lowest BCUT2D eigenvalue weighted by molar-refractivity contribution is -0.136. The minimum atomic E-state index is -0.141. The number of hydrogen-bond donors (Lipinski definition) is 1. The summed E-state index contributed by atoms with van der Waals surface area (Å²) in [7, 11) is 1.87. The Morgan fingerprint density at radius 1 is 1.47 bits per heavy atom. The number of carbonyl (C=O) groups excluding carboxylic acids is 1. The Morgan fingerprint density at radius 2 is 2.12 bits per heavy atom. The summed E-state index contributed by atoms with van der Waals surface area (Å²) in [6, 6.07) is 0.151. The first kappa shape index (κ1) is 14.5. The number of aliphatic hydroxyl groups is 1. The molecule has 0 bridgehead atoms. The van der Waals surface area contributed by atoms with Gasteiger partial charge in [-0.2, -0.15) is 0 Å². The molecule has 0 aliphatic carbocycles. The molecule has 4 nitrogen and oxygen atoms in total. The first-order valence-electron chi connectivity index (χ1n) is 6.59. The van der Waals surface area contributed by atoms with Crippen LogP contribution in [0.2, 0.25) is 0 Å². The molecule has 0 aromatic heterocycles. The zero-order chi connectivity index (χ0) is 13.0. The van der Waals surface area contributed by atoms with Crippen LogP contribution in [0.1, 0.15) is 33.6 Å². The second-order valence-electron chi connectivity index (χ2n) is 5.50. The summed E-state index contributed by atoms with van der Waals surface area (Å²) in [6.45, 7) is 8.37. The second kappa shape index (κ2) is 6.36. The monoisotopic (exact) mass is 242 g/mol. The average molecular weight is 242 g/mol. The molecule has 1 rings (SSSR count). The first-order valence-corrected chi connectivity index (χ1v) is 6.59. The van der Waals surface area contributed by atoms with Crippen molar-refractivity contribution in [3.05, 3.63) is 0 Å². The summed E-state index contributed by atoms with van der Waals surface area (Å²) in [5.74, 6) is 0.701. The lowest BCUT2D eigenvalue weighted by Crippen LogP contribution is -2.47. The Balaban J connectivity index is 2.82. The molecular formula is C13H26N2O2. The van der Waals surface area contributed by atoms with Crippen molar-refractivity contribution in [3.63, 3.8) is 0 Å². The number of carbonyl (C=O) groups is 1. The highest BCUT2D eigenvalue weighted by atomic mass is 16.3. The molecule has 1 heterocycles. The van der Waals surface area contributed by atoms with E-state index in [2.05, 4.69) is 25.7 Å². The fourth-order valence-electron chi connectivity index (χ4n) is 2.43. The van der Waals surface area contributed by atoms with E-state index in [9.17, 15) is 4.79 Å². The van der Waals surface area contributed by atoms with Gasteiger partial charge in [-0.3, -0.25) is 9.69 Å². The highest BCUT2D eigenvalue weighted by molar-refractivity contribution is 5.82. The van der Waals surface area contributed by atoms with E-state index in [-0.39, 0.29) is 18.6 Å². The van der Waals surface area contributed by atoms with Gasteiger partial charge in [0.1, 0.15) is 0 Å². The molecule has 17 heavy (non-hydrogen) atoms. The maximum Gasteiger partial charge on any atom is 0.239 e. The predicted octanol–water partition coefficient (Wildman–Crippen LogP) is 0.946. The molecule has 1 N–H and O–H groups in total. The van der Waals surface area contributed by atoms with E-state index in [0.29, 0.717) is 18.4 Å². The van der Waals surface area contributed by atoms with Crippen molar-refractivity contribution in [3.8, 4) is 0 Å². The largest absolute Gasteiger partial charge is 0.396 e. The van der Waals surface area contributed by atoms with E-state index >= 15 is 0 Å². The van der Waals surface area contributed by atoms with Crippen LogP contribution in [0.3, 0.4) is 0 Å². The van der Waals surface area contributed by atoms with E-state index in [1.165, 1.54) is 0 Å². The fourth-order valence-corrected chi connectivity index (χ4v) is 2.43. The molecule has 1 aliphatic rings. The fraction of sp³-hybridized carbons (Fsp3) is 0.923. The molecule has 0 aromatic rings. The van der Waals surface area contributed by atoms with E-state index in [1.54, 1.807) is 0 Å². The lowest BCUT2D eigenvalue weighted by Gasteiger charge is -2.30. The lowest BCUT2D eigenvalue weighted by atomic mass is 10.1. The van der Waals surface area contributed by atoms with Gasteiger partial charge in [0.15, 0.2) is 0 Å². The van der Waals surface area contributed by atoms with Gasteiger partial charge in [0.05, 0.1) is 6.04 Å². The molecule has 0 radical (unpaired) electrons. The molecule has 0 aromatic carbocycles.